The number of carbonyl (C=O) groups excluding carboxylic acids is 1. The number of amides is 1. The summed E-state index contributed by atoms with van der Waals surface area (Å²) in [5, 5.41) is 6.08. The number of carbonyl (C=O) groups is 1. The molecular formula is C17H20N2O. The van der Waals surface area contributed by atoms with Crippen molar-refractivity contribution in [2.45, 2.75) is 19.4 Å². The van der Waals surface area contributed by atoms with Crippen LogP contribution in [0, 0.1) is 0 Å². The van der Waals surface area contributed by atoms with Gasteiger partial charge in [0.15, 0.2) is 0 Å². The van der Waals surface area contributed by atoms with E-state index in [1.165, 1.54) is 5.56 Å². The van der Waals surface area contributed by atoms with Gasteiger partial charge in [-0.25, -0.2) is 0 Å². The molecule has 20 heavy (non-hydrogen) atoms. The molecule has 3 nitrogen and oxygen atoms in total. The summed E-state index contributed by atoms with van der Waals surface area (Å²) in [5.41, 5.74) is 3.33. The Kier molecular flexibility index (Phi) is 4.77. The zero-order chi connectivity index (χ0) is 14.4. The highest BCUT2D eigenvalue weighted by atomic mass is 16.1. The molecule has 0 radical (unpaired) electrons. The van der Waals surface area contributed by atoms with Crippen molar-refractivity contribution in [1.29, 1.82) is 0 Å². The zero-order valence-electron chi connectivity index (χ0n) is 11.9. The van der Waals surface area contributed by atoms with E-state index in [-0.39, 0.29) is 11.9 Å². The molecule has 0 saturated carbocycles. The normalized spacial score (nSPS) is 11.7. The average molecular weight is 268 g/mol. The van der Waals surface area contributed by atoms with Gasteiger partial charge in [0.2, 0.25) is 5.91 Å². The van der Waals surface area contributed by atoms with Gasteiger partial charge < -0.3 is 10.6 Å². The predicted octanol–water partition coefficient (Wildman–Crippen LogP) is 3.15. The summed E-state index contributed by atoms with van der Waals surface area (Å²) in [5.74, 6) is 0.0309. The lowest BCUT2D eigenvalue weighted by atomic mass is 10.1. The predicted molar refractivity (Wildman–Crippen MR) is 82.7 cm³/mol. The Bertz CT molecular complexity index is 549. The summed E-state index contributed by atoms with van der Waals surface area (Å²) >= 11 is 0. The lowest BCUT2D eigenvalue weighted by molar-refractivity contribution is -0.119. The maximum atomic E-state index is 11.3. The minimum atomic E-state index is 0.0309. The van der Waals surface area contributed by atoms with Crippen LogP contribution < -0.4 is 10.6 Å². The van der Waals surface area contributed by atoms with E-state index in [0.29, 0.717) is 6.42 Å². The minimum Gasteiger partial charge on any atom is -0.379 e. The molecule has 0 heterocycles. The van der Waals surface area contributed by atoms with Crippen molar-refractivity contribution in [1.82, 2.24) is 5.32 Å². The number of hydrogen-bond acceptors (Lipinski definition) is 2. The third kappa shape index (κ3) is 3.85. The summed E-state index contributed by atoms with van der Waals surface area (Å²) in [7, 11) is 1.65. The number of hydrogen-bond donors (Lipinski definition) is 2. The van der Waals surface area contributed by atoms with E-state index in [9.17, 15) is 4.79 Å². The van der Waals surface area contributed by atoms with Gasteiger partial charge in [-0.05, 0) is 30.2 Å². The molecule has 2 aromatic rings. The van der Waals surface area contributed by atoms with Gasteiger partial charge in [-0.15, -0.1) is 0 Å². The maximum absolute atomic E-state index is 11.3. The molecule has 1 unspecified atom stereocenters. The van der Waals surface area contributed by atoms with Crippen LogP contribution in [-0.2, 0) is 11.2 Å². The van der Waals surface area contributed by atoms with Gasteiger partial charge in [-0.3, -0.25) is 4.79 Å². The fourth-order valence-corrected chi connectivity index (χ4v) is 2.07. The molecule has 0 spiro atoms. The first-order chi connectivity index (χ1) is 9.69. The van der Waals surface area contributed by atoms with Crippen LogP contribution in [0.5, 0.6) is 0 Å². The first-order valence-electron chi connectivity index (χ1n) is 6.80. The Labute approximate surface area is 120 Å². The molecule has 0 fully saturated rings. The third-order valence-corrected chi connectivity index (χ3v) is 3.28. The number of rotatable bonds is 5. The van der Waals surface area contributed by atoms with Gasteiger partial charge in [-0.1, -0.05) is 42.5 Å². The van der Waals surface area contributed by atoms with E-state index >= 15 is 0 Å². The highest BCUT2D eigenvalue weighted by Gasteiger charge is 2.05. The third-order valence-electron chi connectivity index (χ3n) is 3.28. The molecule has 2 N–H and O–H groups in total. The fraction of sp³-hybridized carbons (Fsp3) is 0.235. The molecule has 0 aliphatic carbocycles. The first kappa shape index (κ1) is 14.1. The molecule has 2 rings (SSSR count). The molecule has 0 saturated heterocycles. The topological polar surface area (TPSA) is 41.1 Å². The van der Waals surface area contributed by atoms with E-state index in [1.54, 1.807) is 7.05 Å². The monoisotopic (exact) mass is 268 g/mol. The SMILES string of the molecule is CNC(=O)Cc1ccc(NC(C)c2ccccc2)cc1. The second kappa shape index (κ2) is 6.75. The Hall–Kier alpha value is -2.29. The molecule has 0 aliphatic heterocycles. The zero-order valence-corrected chi connectivity index (χ0v) is 11.9. The van der Waals surface area contributed by atoms with Crippen LogP contribution in [0.15, 0.2) is 54.6 Å². The fourth-order valence-electron chi connectivity index (χ4n) is 2.07. The summed E-state index contributed by atoms with van der Waals surface area (Å²) < 4.78 is 0. The molecule has 3 heteroatoms. The Morgan fingerprint density at radius 1 is 1.05 bits per heavy atom. The van der Waals surface area contributed by atoms with Crippen LogP contribution >= 0.6 is 0 Å². The van der Waals surface area contributed by atoms with E-state index in [2.05, 4.69) is 29.7 Å². The van der Waals surface area contributed by atoms with Crippen molar-refractivity contribution in [2.24, 2.45) is 0 Å². The van der Waals surface area contributed by atoms with Crippen molar-refractivity contribution in [3.8, 4) is 0 Å². The van der Waals surface area contributed by atoms with Crippen LogP contribution in [0.4, 0.5) is 5.69 Å². The summed E-state index contributed by atoms with van der Waals surface area (Å²) in [6.45, 7) is 2.13. The molecule has 0 aromatic heterocycles. The van der Waals surface area contributed by atoms with Crippen LogP contribution in [-0.4, -0.2) is 13.0 Å². The van der Waals surface area contributed by atoms with Crippen molar-refractivity contribution in [3.63, 3.8) is 0 Å². The Balaban J connectivity index is 1.98. The van der Waals surface area contributed by atoms with Crippen LogP contribution in [0.25, 0.3) is 0 Å². The highest BCUT2D eigenvalue weighted by Crippen LogP contribution is 2.19. The number of anilines is 1. The van der Waals surface area contributed by atoms with Gasteiger partial charge in [0.25, 0.3) is 0 Å². The van der Waals surface area contributed by atoms with E-state index in [4.69, 9.17) is 0 Å². The molecule has 0 bridgehead atoms. The van der Waals surface area contributed by atoms with Gasteiger partial charge >= 0.3 is 0 Å². The van der Waals surface area contributed by atoms with Crippen LogP contribution in [0.3, 0.4) is 0 Å². The number of nitrogens with one attached hydrogen (secondary N) is 2. The standard InChI is InChI=1S/C17H20N2O/c1-13(15-6-4-3-5-7-15)19-16-10-8-14(9-11-16)12-17(20)18-2/h3-11,13,19H,12H2,1-2H3,(H,18,20). The quantitative estimate of drug-likeness (QED) is 0.874. The van der Waals surface area contributed by atoms with E-state index in [0.717, 1.165) is 11.3 Å². The van der Waals surface area contributed by atoms with Crippen LogP contribution in [0.1, 0.15) is 24.1 Å². The summed E-state index contributed by atoms with van der Waals surface area (Å²) in [4.78, 5) is 11.3. The second-order valence-electron chi connectivity index (χ2n) is 4.82. The van der Waals surface area contributed by atoms with Crippen molar-refractivity contribution in [3.05, 3.63) is 65.7 Å². The van der Waals surface area contributed by atoms with Crippen molar-refractivity contribution >= 4 is 11.6 Å². The maximum Gasteiger partial charge on any atom is 0.224 e. The van der Waals surface area contributed by atoms with Gasteiger partial charge in [0.05, 0.1) is 6.42 Å². The molecule has 0 aliphatic rings. The Morgan fingerprint density at radius 3 is 2.30 bits per heavy atom. The molecule has 2 aromatic carbocycles. The van der Waals surface area contributed by atoms with Crippen molar-refractivity contribution < 1.29 is 4.79 Å². The molecule has 1 amide bonds. The highest BCUT2D eigenvalue weighted by molar-refractivity contribution is 5.78. The van der Waals surface area contributed by atoms with Gasteiger partial charge in [0, 0.05) is 18.8 Å². The molecule has 104 valence electrons. The molecule has 1 atom stereocenters. The summed E-state index contributed by atoms with van der Waals surface area (Å²) in [6, 6.07) is 18.6. The van der Waals surface area contributed by atoms with E-state index in [1.807, 2.05) is 42.5 Å². The second-order valence-corrected chi connectivity index (χ2v) is 4.82. The Morgan fingerprint density at radius 2 is 1.70 bits per heavy atom. The lowest BCUT2D eigenvalue weighted by Gasteiger charge is -2.16. The smallest absolute Gasteiger partial charge is 0.224 e. The van der Waals surface area contributed by atoms with E-state index < -0.39 is 0 Å². The van der Waals surface area contributed by atoms with Gasteiger partial charge in [-0.2, -0.15) is 0 Å². The molecular weight excluding hydrogens is 248 g/mol. The number of likely N-dealkylation sites (N-methyl/N-ethyl adjacent to an activating group) is 1. The van der Waals surface area contributed by atoms with Gasteiger partial charge in [0.1, 0.15) is 0 Å². The van der Waals surface area contributed by atoms with Crippen molar-refractivity contribution in [2.75, 3.05) is 12.4 Å². The summed E-state index contributed by atoms with van der Waals surface area (Å²) in [6.07, 6.45) is 0.422. The first-order valence-corrected chi connectivity index (χ1v) is 6.80. The van der Waals surface area contributed by atoms with Crippen LogP contribution in [0.2, 0.25) is 0 Å². The lowest BCUT2D eigenvalue weighted by Crippen LogP contribution is -2.19. The average Bonchev–Trinajstić information content (AvgIpc) is 2.50. The minimum absolute atomic E-state index is 0.0309. The number of benzene rings is 2. The largest absolute Gasteiger partial charge is 0.379 e.